The molecule has 0 saturated carbocycles. The molecule has 0 spiro atoms. The van der Waals surface area contributed by atoms with Crippen molar-refractivity contribution in [3.8, 4) is 5.69 Å². The van der Waals surface area contributed by atoms with E-state index in [2.05, 4.69) is 9.67 Å². The van der Waals surface area contributed by atoms with Gasteiger partial charge in [0.05, 0.1) is 17.3 Å². The van der Waals surface area contributed by atoms with Crippen LogP contribution in [-0.2, 0) is 0 Å². The van der Waals surface area contributed by atoms with Gasteiger partial charge in [0, 0.05) is 22.6 Å². The topological polar surface area (TPSA) is 54.7 Å². The molecule has 0 fully saturated rings. The highest BCUT2D eigenvalue weighted by atomic mass is 16.2. The van der Waals surface area contributed by atoms with Gasteiger partial charge in [0.1, 0.15) is 0 Å². The van der Waals surface area contributed by atoms with Crippen LogP contribution in [0.25, 0.3) is 5.69 Å². The summed E-state index contributed by atoms with van der Waals surface area (Å²) in [6, 6.07) is 18.8. The maximum atomic E-state index is 12.4. The number of amides is 2. The summed E-state index contributed by atoms with van der Waals surface area (Å²) in [6.07, 6.45) is 1.57. The number of carbonyl (C=O) groups is 2. The summed E-state index contributed by atoms with van der Waals surface area (Å²) in [4.78, 5) is 24.8. The number of fused-ring (bicyclic) bond motifs is 1. The molecule has 0 unspecified atom stereocenters. The lowest BCUT2D eigenvalue weighted by Gasteiger charge is -2.09. The van der Waals surface area contributed by atoms with Crippen LogP contribution in [0.15, 0.2) is 65.8 Å². The summed E-state index contributed by atoms with van der Waals surface area (Å²) in [6.45, 7) is 4.00. The summed E-state index contributed by atoms with van der Waals surface area (Å²) < 4.78 is 2.11. The number of rotatable bonds is 3. The number of nitrogens with zero attached hydrogens (tertiary/aromatic N) is 3. The Kier molecular flexibility index (Phi) is 3.77. The number of aromatic nitrogens is 1. The van der Waals surface area contributed by atoms with Crippen LogP contribution in [0.3, 0.4) is 0 Å². The molecule has 26 heavy (non-hydrogen) atoms. The van der Waals surface area contributed by atoms with E-state index in [1.54, 1.807) is 30.5 Å². The summed E-state index contributed by atoms with van der Waals surface area (Å²) in [5.41, 5.74) is 4.76. The molecule has 1 aromatic heterocycles. The van der Waals surface area contributed by atoms with Gasteiger partial charge in [-0.25, -0.2) is 0 Å². The fourth-order valence-corrected chi connectivity index (χ4v) is 3.29. The predicted octanol–water partition coefficient (Wildman–Crippen LogP) is 3.72. The number of carbonyl (C=O) groups excluding carboxylic acids is 2. The van der Waals surface area contributed by atoms with Crippen molar-refractivity contribution < 1.29 is 9.59 Å². The Hall–Kier alpha value is -3.47. The normalized spacial score (nSPS) is 13.7. The summed E-state index contributed by atoms with van der Waals surface area (Å²) in [7, 11) is 0. The van der Waals surface area contributed by atoms with E-state index in [0.717, 1.165) is 27.6 Å². The molecular weight excluding hydrogens is 326 g/mol. The molecule has 2 heterocycles. The van der Waals surface area contributed by atoms with Gasteiger partial charge in [0.15, 0.2) is 0 Å². The van der Waals surface area contributed by atoms with Crippen LogP contribution in [0.5, 0.6) is 0 Å². The smallest absolute Gasteiger partial charge is 0.282 e. The number of benzene rings is 2. The molecular formula is C21H17N3O2. The Morgan fingerprint density at radius 3 is 2.04 bits per heavy atom. The van der Waals surface area contributed by atoms with Crippen molar-refractivity contribution >= 4 is 18.0 Å². The van der Waals surface area contributed by atoms with E-state index in [1.807, 2.05) is 50.2 Å². The minimum atomic E-state index is -0.390. The lowest BCUT2D eigenvalue weighted by atomic mass is 10.1. The first kappa shape index (κ1) is 16.0. The highest BCUT2D eigenvalue weighted by Gasteiger charge is 2.35. The number of hydrogen-bond donors (Lipinski definition) is 0. The third kappa shape index (κ3) is 2.45. The molecule has 0 saturated heterocycles. The second-order valence-corrected chi connectivity index (χ2v) is 6.21. The molecule has 4 rings (SSSR count). The van der Waals surface area contributed by atoms with Crippen LogP contribution in [0.2, 0.25) is 0 Å². The number of hydrazone groups is 1. The van der Waals surface area contributed by atoms with Crippen LogP contribution in [0.1, 0.15) is 37.7 Å². The third-order valence-electron chi connectivity index (χ3n) is 4.57. The van der Waals surface area contributed by atoms with Crippen molar-refractivity contribution in [2.45, 2.75) is 13.8 Å². The van der Waals surface area contributed by atoms with Crippen molar-refractivity contribution in [2.75, 3.05) is 0 Å². The van der Waals surface area contributed by atoms with Crippen molar-refractivity contribution in [2.24, 2.45) is 5.10 Å². The third-order valence-corrected chi connectivity index (χ3v) is 4.57. The summed E-state index contributed by atoms with van der Waals surface area (Å²) in [5.74, 6) is -0.780. The van der Waals surface area contributed by atoms with Gasteiger partial charge in [0.2, 0.25) is 0 Å². The van der Waals surface area contributed by atoms with Crippen molar-refractivity contribution in [1.82, 2.24) is 9.58 Å². The second-order valence-electron chi connectivity index (χ2n) is 6.21. The highest BCUT2D eigenvalue weighted by molar-refractivity contribution is 6.21. The van der Waals surface area contributed by atoms with Gasteiger partial charge in [-0.2, -0.15) is 10.1 Å². The quantitative estimate of drug-likeness (QED) is 0.537. The van der Waals surface area contributed by atoms with E-state index >= 15 is 0 Å². The van der Waals surface area contributed by atoms with Gasteiger partial charge >= 0.3 is 0 Å². The lowest BCUT2D eigenvalue weighted by Crippen LogP contribution is -2.24. The molecule has 0 aliphatic carbocycles. The predicted molar refractivity (Wildman–Crippen MR) is 99.8 cm³/mol. The molecule has 1 aliphatic heterocycles. The van der Waals surface area contributed by atoms with E-state index in [4.69, 9.17) is 0 Å². The van der Waals surface area contributed by atoms with Gasteiger partial charge < -0.3 is 4.57 Å². The lowest BCUT2D eigenvalue weighted by molar-refractivity contribution is 0.0660. The molecule has 0 radical (unpaired) electrons. The Morgan fingerprint density at radius 2 is 1.42 bits per heavy atom. The first-order valence-electron chi connectivity index (χ1n) is 8.34. The molecule has 0 bridgehead atoms. The Morgan fingerprint density at radius 1 is 0.846 bits per heavy atom. The first-order valence-corrected chi connectivity index (χ1v) is 8.34. The first-order chi connectivity index (χ1) is 12.6. The van der Waals surface area contributed by atoms with Crippen LogP contribution < -0.4 is 0 Å². The molecule has 1 aliphatic rings. The maximum absolute atomic E-state index is 12.4. The average molecular weight is 343 g/mol. The second kappa shape index (κ2) is 6.11. The zero-order valence-corrected chi connectivity index (χ0v) is 14.5. The molecule has 2 aromatic carbocycles. The Bertz CT molecular complexity index is 1010. The fourth-order valence-electron chi connectivity index (χ4n) is 3.29. The molecule has 0 atom stereocenters. The molecule has 5 nitrogen and oxygen atoms in total. The van der Waals surface area contributed by atoms with Crippen molar-refractivity contribution in [3.63, 3.8) is 0 Å². The highest BCUT2D eigenvalue weighted by Crippen LogP contribution is 2.23. The van der Waals surface area contributed by atoms with Crippen molar-refractivity contribution in [3.05, 3.63) is 88.7 Å². The van der Waals surface area contributed by atoms with Crippen LogP contribution in [-0.4, -0.2) is 27.6 Å². The minimum Gasteiger partial charge on any atom is -0.318 e. The van der Waals surface area contributed by atoms with Gasteiger partial charge in [-0.3, -0.25) is 9.59 Å². The minimum absolute atomic E-state index is 0.390. The van der Waals surface area contributed by atoms with E-state index in [0.29, 0.717) is 11.1 Å². The fraction of sp³-hybridized carbons (Fsp3) is 0.0952. The molecule has 3 aromatic rings. The Labute approximate surface area is 151 Å². The van der Waals surface area contributed by atoms with E-state index < -0.39 is 11.8 Å². The largest absolute Gasteiger partial charge is 0.318 e. The summed E-state index contributed by atoms with van der Waals surface area (Å²) >= 11 is 0. The number of aryl methyl sites for hydroxylation is 1. The molecule has 5 heteroatoms. The average Bonchev–Trinajstić information content (AvgIpc) is 3.08. The van der Waals surface area contributed by atoms with Gasteiger partial charge in [-0.1, -0.05) is 30.3 Å². The monoisotopic (exact) mass is 343 g/mol. The Balaban J connectivity index is 1.67. The maximum Gasteiger partial charge on any atom is 0.282 e. The molecule has 2 amide bonds. The standard InChI is InChI=1S/C21H17N3O2/c1-14-12-16(15(2)23(14)17-8-4-3-5-9-17)13-22-24-20(25)18-10-6-7-11-19(18)21(24)26/h3-13H,1-2H3. The van der Waals surface area contributed by atoms with Crippen LogP contribution in [0.4, 0.5) is 0 Å². The van der Waals surface area contributed by atoms with Gasteiger partial charge in [-0.05, 0) is 44.2 Å². The summed E-state index contributed by atoms with van der Waals surface area (Å²) in [5, 5.41) is 5.10. The van der Waals surface area contributed by atoms with Crippen molar-refractivity contribution in [1.29, 1.82) is 0 Å². The van der Waals surface area contributed by atoms with E-state index in [-0.39, 0.29) is 0 Å². The number of hydrogen-bond acceptors (Lipinski definition) is 3. The molecule has 128 valence electrons. The zero-order valence-electron chi connectivity index (χ0n) is 14.5. The van der Waals surface area contributed by atoms with E-state index in [9.17, 15) is 9.59 Å². The van der Waals surface area contributed by atoms with E-state index in [1.165, 1.54) is 0 Å². The van der Waals surface area contributed by atoms with Crippen LogP contribution >= 0.6 is 0 Å². The zero-order chi connectivity index (χ0) is 18.3. The van der Waals surface area contributed by atoms with Gasteiger partial charge in [0.25, 0.3) is 11.8 Å². The number of para-hydroxylation sites is 1. The SMILES string of the molecule is Cc1cc(C=NN2C(=O)c3ccccc3C2=O)c(C)n1-c1ccccc1. The number of imide groups is 1. The van der Waals surface area contributed by atoms with Gasteiger partial charge in [-0.15, -0.1) is 0 Å². The van der Waals surface area contributed by atoms with Crippen LogP contribution in [0, 0.1) is 13.8 Å². The molecule has 0 N–H and O–H groups in total.